The first kappa shape index (κ1) is 21.0. The second kappa shape index (κ2) is 8.91. The number of ether oxygens (including phenoxy) is 1. The summed E-state index contributed by atoms with van der Waals surface area (Å²) < 4.78 is 44.8. The van der Waals surface area contributed by atoms with Gasteiger partial charge in [-0.05, 0) is 32.0 Å². The van der Waals surface area contributed by atoms with Gasteiger partial charge in [-0.2, -0.15) is 4.31 Å². The largest absolute Gasteiger partial charge is 0.452 e. The van der Waals surface area contributed by atoms with Crippen molar-refractivity contribution < 1.29 is 27.1 Å². The maximum Gasteiger partial charge on any atom is 0.338 e. The summed E-state index contributed by atoms with van der Waals surface area (Å²) in [6.07, 6.45) is 0. The van der Waals surface area contributed by atoms with Gasteiger partial charge in [-0.1, -0.05) is 13.8 Å². The Labute approximate surface area is 147 Å². The number of hydrogen-bond acceptors (Lipinski definition) is 5. The van der Waals surface area contributed by atoms with Crippen LogP contribution in [-0.4, -0.2) is 50.3 Å². The summed E-state index contributed by atoms with van der Waals surface area (Å²) in [4.78, 5) is 22.9. The van der Waals surface area contributed by atoms with E-state index in [1.807, 2.05) is 0 Å². The smallest absolute Gasteiger partial charge is 0.338 e. The lowest BCUT2D eigenvalue weighted by Gasteiger charge is -2.19. The Morgan fingerprint density at radius 2 is 1.84 bits per heavy atom. The minimum atomic E-state index is -4.06. The number of nitrogens with zero attached hydrogens (tertiary/aromatic N) is 1. The van der Waals surface area contributed by atoms with Crippen molar-refractivity contribution in [2.24, 2.45) is 0 Å². The zero-order valence-corrected chi connectivity index (χ0v) is 15.5. The lowest BCUT2D eigenvalue weighted by atomic mass is 10.2. The van der Waals surface area contributed by atoms with Crippen LogP contribution in [0, 0.1) is 5.82 Å². The van der Waals surface area contributed by atoms with Gasteiger partial charge in [-0.25, -0.2) is 17.6 Å². The average molecular weight is 374 g/mol. The van der Waals surface area contributed by atoms with Crippen LogP contribution < -0.4 is 5.32 Å². The molecular formula is C16H23FN2O5S. The molecule has 0 aliphatic rings. The Hall–Kier alpha value is -2.00. The average Bonchev–Trinajstić information content (AvgIpc) is 2.53. The number of benzene rings is 1. The van der Waals surface area contributed by atoms with Gasteiger partial charge >= 0.3 is 5.97 Å². The zero-order chi connectivity index (χ0) is 19.2. The lowest BCUT2D eigenvalue weighted by Crippen LogP contribution is -2.34. The summed E-state index contributed by atoms with van der Waals surface area (Å²) in [6, 6.07) is 2.81. The van der Waals surface area contributed by atoms with Gasteiger partial charge in [0, 0.05) is 19.1 Å². The van der Waals surface area contributed by atoms with E-state index in [-0.39, 0.29) is 24.7 Å². The number of carbonyl (C=O) groups is 2. The number of sulfonamides is 1. The van der Waals surface area contributed by atoms with Gasteiger partial charge in [0.25, 0.3) is 5.91 Å². The molecule has 0 saturated carbocycles. The molecule has 1 aromatic rings. The van der Waals surface area contributed by atoms with Crippen molar-refractivity contribution in [3.8, 4) is 0 Å². The van der Waals surface area contributed by atoms with Crippen molar-refractivity contribution in [3.63, 3.8) is 0 Å². The van der Waals surface area contributed by atoms with Gasteiger partial charge < -0.3 is 10.1 Å². The van der Waals surface area contributed by atoms with Crippen molar-refractivity contribution in [3.05, 3.63) is 29.6 Å². The molecular weight excluding hydrogens is 351 g/mol. The number of hydrogen-bond donors (Lipinski definition) is 1. The highest BCUT2D eigenvalue weighted by Crippen LogP contribution is 2.21. The first-order valence-electron chi connectivity index (χ1n) is 7.89. The third-order valence-electron chi connectivity index (χ3n) is 3.27. The monoisotopic (exact) mass is 374 g/mol. The maximum absolute atomic E-state index is 14.0. The third-order valence-corrected chi connectivity index (χ3v) is 5.34. The fraction of sp³-hybridized carbons (Fsp3) is 0.500. The maximum atomic E-state index is 14.0. The molecule has 0 heterocycles. The van der Waals surface area contributed by atoms with E-state index in [4.69, 9.17) is 4.74 Å². The molecule has 0 atom stereocenters. The van der Waals surface area contributed by atoms with Gasteiger partial charge in [0.2, 0.25) is 10.0 Å². The number of amides is 1. The number of esters is 1. The highest BCUT2D eigenvalue weighted by molar-refractivity contribution is 7.89. The van der Waals surface area contributed by atoms with Crippen molar-refractivity contribution in [1.82, 2.24) is 9.62 Å². The molecule has 1 N–H and O–H groups in total. The highest BCUT2D eigenvalue weighted by atomic mass is 32.2. The quantitative estimate of drug-likeness (QED) is 0.697. The van der Waals surface area contributed by atoms with E-state index in [1.165, 1.54) is 0 Å². The Balaban J connectivity index is 3.01. The predicted molar refractivity (Wildman–Crippen MR) is 90.1 cm³/mol. The predicted octanol–water partition coefficient (Wildman–Crippen LogP) is 1.54. The van der Waals surface area contributed by atoms with E-state index < -0.39 is 39.2 Å². The Kier molecular flexibility index (Phi) is 7.50. The minimum absolute atomic E-state index is 0.108. The summed E-state index contributed by atoms with van der Waals surface area (Å²) in [6.45, 7) is 6.60. The van der Waals surface area contributed by atoms with Crippen LogP contribution >= 0.6 is 0 Å². The molecule has 25 heavy (non-hydrogen) atoms. The molecule has 7 nitrogen and oxygen atoms in total. The molecule has 9 heteroatoms. The van der Waals surface area contributed by atoms with Gasteiger partial charge in [0.15, 0.2) is 6.61 Å². The molecule has 0 saturated heterocycles. The highest BCUT2D eigenvalue weighted by Gasteiger charge is 2.26. The fourth-order valence-electron chi connectivity index (χ4n) is 2.11. The molecule has 1 rings (SSSR count). The van der Waals surface area contributed by atoms with Crippen molar-refractivity contribution in [2.75, 3.05) is 19.7 Å². The standard InChI is InChI=1S/C16H23FN2O5S/c1-5-19(6-2)25(22,23)14-9-12(7-8-13(14)17)16(21)24-10-15(20)18-11(3)4/h7-9,11H,5-6,10H2,1-4H3,(H,18,20). The molecule has 1 amide bonds. The summed E-state index contributed by atoms with van der Waals surface area (Å²) in [5, 5.41) is 2.55. The third kappa shape index (κ3) is 5.50. The van der Waals surface area contributed by atoms with Crippen LogP contribution in [0.4, 0.5) is 4.39 Å². The van der Waals surface area contributed by atoms with E-state index in [0.717, 1.165) is 22.5 Å². The first-order valence-corrected chi connectivity index (χ1v) is 9.33. The Bertz CT molecular complexity index is 730. The van der Waals surface area contributed by atoms with E-state index in [9.17, 15) is 22.4 Å². The van der Waals surface area contributed by atoms with Crippen molar-refractivity contribution >= 4 is 21.9 Å². The molecule has 0 bridgehead atoms. The minimum Gasteiger partial charge on any atom is -0.452 e. The van der Waals surface area contributed by atoms with E-state index in [0.29, 0.717) is 0 Å². The lowest BCUT2D eigenvalue weighted by molar-refractivity contribution is -0.124. The van der Waals surface area contributed by atoms with Crippen LogP contribution in [-0.2, 0) is 19.6 Å². The number of halogens is 1. The van der Waals surface area contributed by atoms with Crippen LogP contribution in [0.15, 0.2) is 23.1 Å². The number of rotatable bonds is 8. The van der Waals surface area contributed by atoms with Crippen LogP contribution in [0.2, 0.25) is 0 Å². The van der Waals surface area contributed by atoms with Crippen LogP contribution in [0.3, 0.4) is 0 Å². The van der Waals surface area contributed by atoms with E-state index in [1.54, 1.807) is 27.7 Å². The topological polar surface area (TPSA) is 92.8 Å². The van der Waals surface area contributed by atoms with E-state index >= 15 is 0 Å². The molecule has 0 fully saturated rings. The summed E-state index contributed by atoms with van der Waals surface area (Å²) in [5.74, 6) is -2.35. The molecule has 0 aliphatic heterocycles. The summed E-state index contributed by atoms with van der Waals surface area (Å²) in [7, 11) is -4.06. The molecule has 0 spiro atoms. The van der Waals surface area contributed by atoms with Crippen LogP contribution in [0.25, 0.3) is 0 Å². The fourth-order valence-corrected chi connectivity index (χ4v) is 3.66. The summed E-state index contributed by atoms with van der Waals surface area (Å²) >= 11 is 0. The van der Waals surface area contributed by atoms with Gasteiger partial charge in [-0.15, -0.1) is 0 Å². The second-order valence-electron chi connectivity index (χ2n) is 5.53. The van der Waals surface area contributed by atoms with Gasteiger partial charge in [-0.3, -0.25) is 4.79 Å². The molecule has 0 aromatic heterocycles. The molecule has 1 aromatic carbocycles. The zero-order valence-electron chi connectivity index (χ0n) is 14.7. The Morgan fingerprint density at radius 1 is 1.24 bits per heavy atom. The Morgan fingerprint density at radius 3 is 2.36 bits per heavy atom. The normalized spacial score (nSPS) is 11.6. The second-order valence-corrected chi connectivity index (χ2v) is 7.44. The van der Waals surface area contributed by atoms with Crippen LogP contribution in [0.1, 0.15) is 38.1 Å². The molecule has 0 radical (unpaired) electrons. The van der Waals surface area contributed by atoms with Crippen molar-refractivity contribution in [2.45, 2.75) is 38.6 Å². The van der Waals surface area contributed by atoms with Gasteiger partial charge in [0.1, 0.15) is 10.7 Å². The molecule has 0 aliphatic carbocycles. The van der Waals surface area contributed by atoms with Crippen LogP contribution in [0.5, 0.6) is 0 Å². The van der Waals surface area contributed by atoms with Crippen molar-refractivity contribution in [1.29, 1.82) is 0 Å². The van der Waals surface area contributed by atoms with Gasteiger partial charge in [0.05, 0.1) is 5.56 Å². The number of nitrogens with one attached hydrogen (secondary N) is 1. The molecule has 140 valence electrons. The molecule has 0 unspecified atom stereocenters. The summed E-state index contributed by atoms with van der Waals surface area (Å²) in [5.41, 5.74) is -0.149. The van der Waals surface area contributed by atoms with E-state index in [2.05, 4.69) is 5.32 Å². The first-order chi connectivity index (χ1) is 11.6. The SMILES string of the molecule is CCN(CC)S(=O)(=O)c1cc(C(=O)OCC(=O)NC(C)C)ccc1F. The number of carbonyl (C=O) groups excluding carboxylic acids is 2.